The summed E-state index contributed by atoms with van der Waals surface area (Å²) in [5.74, 6) is 0.867. The number of hydrogen-bond donors (Lipinski definition) is 0. The number of ether oxygens (including phenoxy) is 3. The lowest BCUT2D eigenvalue weighted by Gasteiger charge is -2.24. The van der Waals surface area contributed by atoms with E-state index >= 15 is 0 Å². The second kappa shape index (κ2) is 8.37. The fourth-order valence-corrected chi connectivity index (χ4v) is 5.06. The molecule has 0 N–H and O–H groups in total. The van der Waals surface area contributed by atoms with E-state index in [9.17, 15) is 9.59 Å². The molecule has 0 bridgehead atoms. The van der Waals surface area contributed by atoms with Crippen LogP contribution in [0.2, 0.25) is 0 Å². The van der Waals surface area contributed by atoms with Crippen LogP contribution in [0.5, 0.6) is 11.5 Å². The van der Waals surface area contributed by atoms with Crippen molar-refractivity contribution < 1.29 is 19.0 Å². The van der Waals surface area contributed by atoms with E-state index in [4.69, 9.17) is 14.2 Å². The lowest BCUT2D eigenvalue weighted by molar-refractivity contribution is -0.139. The number of carbonyl (C=O) groups excluding carboxylic acids is 1. The Morgan fingerprint density at radius 3 is 2.70 bits per heavy atom. The van der Waals surface area contributed by atoms with Gasteiger partial charge in [0.25, 0.3) is 5.56 Å². The summed E-state index contributed by atoms with van der Waals surface area (Å²) in [6.07, 6.45) is 1.81. The number of hydrogen-bond acceptors (Lipinski definition) is 7. The van der Waals surface area contributed by atoms with Gasteiger partial charge in [-0.15, -0.1) is 0 Å². The van der Waals surface area contributed by atoms with Gasteiger partial charge < -0.3 is 14.2 Å². The fraction of sp³-hybridized carbons (Fsp3) is 0.240. The highest BCUT2D eigenvalue weighted by Crippen LogP contribution is 2.33. The van der Waals surface area contributed by atoms with Crippen LogP contribution in [0.1, 0.15) is 36.6 Å². The van der Waals surface area contributed by atoms with Crippen molar-refractivity contribution in [3.63, 3.8) is 0 Å². The lowest BCUT2D eigenvalue weighted by Crippen LogP contribution is -2.39. The number of benzene rings is 2. The van der Waals surface area contributed by atoms with Crippen molar-refractivity contribution in [2.45, 2.75) is 26.8 Å². The van der Waals surface area contributed by atoms with Gasteiger partial charge in [0, 0.05) is 0 Å². The van der Waals surface area contributed by atoms with Crippen molar-refractivity contribution in [3.05, 3.63) is 90.1 Å². The molecule has 33 heavy (non-hydrogen) atoms. The molecular weight excluding hydrogens is 440 g/mol. The molecule has 0 unspecified atom stereocenters. The molecule has 168 valence electrons. The van der Waals surface area contributed by atoms with Crippen molar-refractivity contribution in [2.24, 2.45) is 4.99 Å². The van der Waals surface area contributed by atoms with Gasteiger partial charge in [0.05, 0.1) is 28.5 Å². The maximum atomic E-state index is 13.6. The Kier molecular flexibility index (Phi) is 5.38. The summed E-state index contributed by atoms with van der Waals surface area (Å²) in [5.41, 5.74) is 3.45. The van der Waals surface area contributed by atoms with E-state index in [0.29, 0.717) is 32.1 Å². The highest BCUT2D eigenvalue weighted by molar-refractivity contribution is 7.07. The smallest absolute Gasteiger partial charge is 0.338 e. The Balaban J connectivity index is 1.69. The van der Waals surface area contributed by atoms with Gasteiger partial charge in [-0.25, -0.2) is 9.79 Å². The van der Waals surface area contributed by atoms with Gasteiger partial charge in [-0.05, 0) is 50.1 Å². The van der Waals surface area contributed by atoms with E-state index in [1.54, 1.807) is 24.5 Å². The topological polar surface area (TPSA) is 79.1 Å². The molecule has 0 aliphatic carbocycles. The molecule has 2 aliphatic heterocycles. The maximum Gasteiger partial charge on any atom is 0.338 e. The summed E-state index contributed by atoms with van der Waals surface area (Å²) in [4.78, 5) is 31.6. The van der Waals surface area contributed by atoms with Crippen LogP contribution in [0.4, 0.5) is 0 Å². The molecule has 3 heterocycles. The molecule has 3 aromatic rings. The molecule has 5 rings (SSSR count). The second-order valence-electron chi connectivity index (χ2n) is 7.83. The van der Waals surface area contributed by atoms with Crippen molar-refractivity contribution in [1.29, 1.82) is 0 Å². The summed E-state index contributed by atoms with van der Waals surface area (Å²) >= 11 is 1.29. The highest BCUT2D eigenvalue weighted by Gasteiger charge is 2.33. The fourth-order valence-electron chi connectivity index (χ4n) is 4.01. The van der Waals surface area contributed by atoms with Crippen LogP contribution in [0.3, 0.4) is 0 Å². The highest BCUT2D eigenvalue weighted by atomic mass is 32.1. The first-order valence-corrected chi connectivity index (χ1v) is 11.4. The van der Waals surface area contributed by atoms with Crippen molar-refractivity contribution >= 4 is 23.4 Å². The van der Waals surface area contributed by atoms with Crippen molar-refractivity contribution in [2.75, 3.05) is 13.4 Å². The van der Waals surface area contributed by atoms with Crippen LogP contribution < -0.4 is 24.4 Å². The molecular formula is C25H22N2O5S. The number of aryl methyl sites for hydroxylation is 1. The van der Waals surface area contributed by atoms with Gasteiger partial charge in [0.2, 0.25) is 6.79 Å². The lowest BCUT2D eigenvalue weighted by atomic mass is 9.95. The minimum Gasteiger partial charge on any atom is -0.463 e. The molecule has 0 saturated heterocycles. The molecule has 0 saturated carbocycles. The standard InChI is InChI=1S/C25H22N2O5S/c1-4-30-24(29)21-15(3)26-25-27(22(21)17-8-5-14(2)6-9-17)23(28)20(33-25)12-16-7-10-18-19(11-16)32-13-31-18/h5-12,22H,4,13H2,1-3H3/t22-/m1/s1. The first-order chi connectivity index (χ1) is 16.0. The number of rotatable bonds is 4. The predicted molar refractivity (Wildman–Crippen MR) is 124 cm³/mol. The summed E-state index contributed by atoms with van der Waals surface area (Å²) < 4.78 is 18.3. The Hall–Kier alpha value is -3.65. The van der Waals surface area contributed by atoms with Crippen LogP contribution in [0.15, 0.2) is 63.5 Å². The first kappa shape index (κ1) is 21.2. The van der Waals surface area contributed by atoms with Gasteiger partial charge >= 0.3 is 5.97 Å². The number of fused-ring (bicyclic) bond motifs is 2. The van der Waals surface area contributed by atoms with Crippen LogP contribution in [-0.2, 0) is 9.53 Å². The molecule has 0 radical (unpaired) electrons. The third-order valence-electron chi connectivity index (χ3n) is 5.60. The Morgan fingerprint density at radius 2 is 1.94 bits per heavy atom. The van der Waals surface area contributed by atoms with Gasteiger partial charge in [0.1, 0.15) is 0 Å². The maximum absolute atomic E-state index is 13.6. The number of carbonyl (C=O) groups is 1. The number of nitrogens with zero attached hydrogens (tertiary/aromatic N) is 2. The quantitative estimate of drug-likeness (QED) is 0.557. The molecule has 0 amide bonds. The molecule has 2 aromatic carbocycles. The van der Waals surface area contributed by atoms with Crippen LogP contribution in [0.25, 0.3) is 6.08 Å². The normalized spacial score (nSPS) is 17.1. The SMILES string of the molecule is CCOC(=O)C1=C(C)N=c2sc(=Cc3ccc4c(c3)OCO4)c(=O)n2[C@@H]1c1ccc(C)cc1. The minimum atomic E-state index is -0.611. The third-order valence-corrected chi connectivity index (χ3v) is 6.59. The Morgan fingerprint density at radius 1 is 1.18 bits per heavy atom. The zero-order chi connectivity index (χ0) is 23.1. The van der Waals surface area contributed by atoms with E-state index in [1.807, 2.05) is 49.4 Å². The van der Waals surface area contributed by atoms with Gasteiger partial charge in [-0.1, -0.05) is 47.2 Å². The number of aromatic nitrogens is 1. The second-order valence-corrected chi connectivity index (χ2v) is 8.83. The third kappa shape index (κ3) is 3.76. The summed E-state index contributed by atoms with van der Waals surface area (Å²) in [5, 5.41) is 0. The average Bonchev–Trinajstić information content (AvgIpc) is 3.37. The zero-order valence-electron chi connectivity index (χ0n) is 18.5. The van der Waals surface area contributed by atoms with Crippen molar-refractivity contribution in [1.82, 2.24) is 4.57 Å². The molecule has 8 heteroatoms. The summed E-state index contributed by atoms with van der Waals surface area (Å²) in [6.45, 7) is 5.96. The Labute approximate surface area is 193 Å². The average molecular weight is 463 g/mol. The summed E-state index contributed by atoms with van der Waals surface area (Å²) in [7, 11) is 0. The van der Waals surface area contributed by atoms with Crippen LogP contribution in [-0.4, -0.2) is 23.9 Å². The van der Waals surface area contributed by atoms with Gasteiger partial charge in [-0.2, -0.15) is 0 Å². The van der Waals surface area contributed by atoms with Crippen LogP contribution in [0, 0.1) is 6.92 Å². The van der Waals surface area contributed by atoms with Crippen molar-refractivity contribution in [3.8, 4) is 11.5 Å². The van der Waals surface area contributed by atoms with Gasteiger partial charge in [0.15, 0.2) is 16.3 Å². The molecule has 0 spiro atoms. The van der Waals surface area contributed by atoms with E-state index in [-0.39, 0.29) is 19.0 Å². The number of thiazole rings is 1. The molecule has 7 nitrogen and oxygen atoms in total. The Bertz CT molecular complexity index is 1460. The number of allylic oxidation sites excluding steroid dienone is 1. The van der Waals surface area contributed by atoms with E-state index < -0.39 is 12.0 Å². The van der Waals surface area contributed by atoms with E-state index in [1.165, 1.54) is 11.3 Å². The van der Waals surface area contributed by atoms with Gasteiger partial charge in [-0.3, -0.25) is 9.36 Å². The van der Waals surface area contributed by atoms with E-state index in [2.05, 4.69) is 4.99 Å². The van der Waals surface area contributed by atoms with E-state index in [0.717, 1.165) is 16.7 Å². The zero-order valence-corrected chi connectivity index (χ0v) is 19.3. The first-order valence-electron chi connectivity index (χ1n) is 10.6. The minimum absolute atomic E-state index is 0.188. The molecule has 1 aromatic heterocycles. The summed E-state index contributed by atoms with van der Waals surface area (Å²) in [6, 6.07) is 12.7. The number of esters is 1. The monoisotopic (exact) mass is 462 g/mol. The molecule has 0 fully saturated rings. The molecule has 2 aliphatic rings. The van der Waals surface area contributed by atoms with Crippen LogP contribution >= 0.6 is 11.3 Å². The predicted octanol–water partition coefficient (Wildman–Crippen LogP) is 2.84. The largest absolute Gasteiger partial charge is 0.463 e. The molecule has 1 atom stereocenters.